The smallest absolute Gasteiger partial charge is 0.269 e. The molecule has 0 fully saturated rings. The molecule has 0 aliphatic heterocycles. The summed E-state index contributed by atoms with van der Waals surface area (Å²) in [5.74, 6) is -1.32. The summed E-state index contributed by atoms with van der Waals surface area (Å²) in [6, 6.07) is 10.7. The van der Waals surface area contributed by atoms with Crippen molar-refractivity contribution < 1.29 is 22.9 Å². The van der Waals surface area contributed by atoms with Gasteiger partial charge in [0.05, 0.1) is 9.82 Å². The zero-order valence-electron chi connectivity index (χ0n) is 18.1. The molecule has 2 aromatic carbocycles. The van der Waals surface area contributed by atoms with Crippen molar-refractivity contribution in [3.8, 4) is 0 Å². The number of hydrogen-bond donors (Lipinski definition) is 4. The second kappa shape index (κ2) is 11.3. The fourth-order valence-electron chi connectivity index (χ4n) is 2.92. The Morgan fingerprint density at radius 3 is 2.37 bits per heavy atom. The Morgan fingerprint density at radius 1 is 1.14 bits per heavy atom. The van der Waals surface area contributed by atoms with E-state index < -0.39 is 38.8 Å². The molecule has 0 saturated carbocycles. The summed E-state index contributed by atoms with van der Waals surface area (Å²) in [6.07, 6.45) is -0.00598. The first-order valence-electron chi connectivity index (χ1n) is 10.0. The normalized spacial score (nSPS) is 12.9. The van der Waals surface area contributed by atoms with E-state index in [0.717, 1.165) is 35.6 Å². The highest BCUT2D eigenvalue weighted by atomic mass is 32.2. The van der Waals surface area contributed by atoms with Gasteiger partial charge in [0, 0.05) is 12.1 Å². The van der Waals surface area contributed by atoms with E-state index in [1.807, 2.05) is 0 Å². The molecule has 0 bridgehead atoms. The summed E-state index contributed by atoms with van der Waals surface area (Å²) in [4.78, 5) is 35.4. The summed E-state index contributed by atoms with van der Waals surface area (Å²) in [6.45, 7) is 1.43. The SMILES string of the molecule is C[C@H](NC(=O)[C@H](Cc1ccccc1)NS(=O)(=O)c1ccc([N+](=O)[O-])cc1)C(=O)Nc1n[nH]c(=S)s1. The van der Waals surface area contributed by atoms with Gasteiger partial charge in [-0.1, -0.05) is 41.7 Å². The van der Waals surface area contributed by atoms with Crippen molar-refractivity contribution in [2.24, 2.45) is 0 Å². The van der Waals surface area contributed by atoms with E-state index in [-0.39, 0.29) is 22.1 Å². The number of benzene rings is 2. The number of sulfonamides is 1. The van der Waals surface area contributed by atoms with Crippen molar-refractivity contribution in [1.82, 2.24) is 20.2 Å². The van der Waals surface area contributed by atoms with Crippen LogP contribution < -0.4 is 15.4 Å². The van der Waals surface area contributed by atoms with Crippen LogP contribution in [0.3, 0.4) is 0 Å². The number of aromatic amines is 1. The van der Waals surface area contributed by atoms with E-state index in [1.54, 1.807) is 30.3 Å². The molecule has 3 aromatic rings. The number of carbonyl (C=O) groups is 2. The summed E-state index contributed by atoms with van der Waals surface area (Å²) in [7, 11) is -4.23. The number of hydrogen-bond acceptors (Lipinski definition) is 9. The number of non-ortho nitro benzene ring substituents is 1. The zero-order chi connectivity index (χ0) is 25.6. The van der Waals surface area contributed by atoms with Crippen LogP contribution in [-0.4, -0.2) is 47.4 Å². The molecule has 2 amide bonds. The highest BCUT2D eigenvalue weighted by molar-refractivity contribution is 7.89. The number of H-pyrrole nitrogens is 1. The van der Waals surface area contributed by atoms with E-state index in [2.05, 4.69) is 25.6 Å². The summed E-state index contributed by atoms with van der Waals surface area (Å²) < 4.78 is 28.5. The molecular formula is C20H20N6O6S3. The second-order valence-corrected chi connectivity index (χ2v) is 10.6. The highest BCUT2D eigenvalue weighted by Gasteiger charge is 2.28. The van der Waals surface area contributed by atoms with Crippen LogP contribution in [0.2, 0.25) is 0 Å². The largest absolute Gasteiger partial charge is 0.343 e. The van der Waals surface area contributed by atoms with Crippen LogP contribution >= 0.6 is 23.6 Å². The standard InChI is InChI=1S/C20H20N6O6S3/c1-12(17(27)22-19-23-24-20(33)34-19)21-18(28)16(11-13-5-3-2-4-6-13)25-35(31,32)15-9-7-14(8-10-15)26(29)30/h2-10,12,16,25H,11H2,1H3,(H,21,28)(H,24,33)(H,22,23,27)/t12-,16-/m0/s1. The molecule has 3 rings (SSSR count). The first-order valence-corrected chi connectivity index (χ1v) is 12.7. The van der Waals surface area contributed by atoms with E-state index in [0.29, 0.717) is 9.52 Å². The van der Waals surface area contributed by atoms with Gasteiger partial charge in [-0.2, -0.15) is 4.72 Å². The number of aromatic nitrogens is 2. The average Bonchev–Trinajstić information content (AvgIpc) is 3.23. The molecule has 4 N–H and O–H groups in total. The highest BCUT2D eigenvalue weighted by Crippen LogP contribution is 2.17. The van der Waals surface area contributed by atoms with Crippen molar-refractivity contribution in [1.29, 1.82) is 0 Å². The fraction of sp³-hybridized carbons (Fsp3) is 0.200. The van der Waals surface area contributed by atoms with Crippen LogP contribution in [-0.2, 0) is 26.0 Å². The Kier molecular flexibility index (Phi) is 8.39. The van der Waals surface area contributed by atoms with E-state index in [4.69, 9.17) is 12.2 Å². The molecule has 0 aliphatic carbocycles. The molecule has 0 unspecified atom stereocenters. The first-order chi connectivity index (χ1) is 16.5. The molecule has 0 spiro atoms. The number of nitrogens with zero attached hydrogens (tertiary/aromatic N) is 2. The molecule has 15 heteroatoms. The Labute approximate surface area is 209 Å². The number of amides is 2. The van der Waals surface area contributed by atoms with Crippen molar-refractivity contribution in [3.05, 3.63) is 74.2 Å². The molecule has 1 aromatic heterocycles. The topological polar surface area (TPSA) is 176 Å². The number of nitro benzene ring substituents is 1. The van der Waals surface area contributed by atoms with E-state index >= 15 is 0 Å². The minimum absolute atomic E-state index is 0.00598. The van der Waals surface area contributed by atoms with Gasteiger partial charge >= 0.3 is 0 Å². The maximum absolute atomic E-state index is 13.0. The number of nitro groups is 1. The number of anilines is 1. The quantitative estimate of drug-likeness (QED) is 0.173. The van der Waals surface area contributed by atoms with Crippen LogP contribution in [0.15, 0.2) is 59.5 Å². The van der Waals surface area contributed by atoms with Gasteiger partial charge in [-0.05, 0) is 43.3 Å². The predicted octanol–water partition coefficient (Wildman–Crippen LogP) is 2.14. The fourth-order valence-corrected chi connectivity index (χ4v) is 4.90. The third-order valence-electron chi connectivity index (χ3n) is 4.67. The van der Waals surface area contributed by atoms with Gasteiger partial charge in [0.1, 0.15) is 12.1 Å². The van der Waals surface area contributed by atoms with Crippen molar-refractivity contribution in [2.45, 2.75) is 30.3 Å². The Balaban J connectivity index is 1.77. The number of nitrogens with one attached hydrogen (secondary N) is 4. The van der Waals surface area contributed by atoms with Gasteiger partial charge in [-0.3, -0.25) is 30.1 Å². The Bertz CT molecular complexity index is 1370. The molecule has 35 heavy (non-hydrogen) atoms. The Hall–Kier alpha value is -3.53. The number of carbonyl (C=O) groups excluding carboxylic acids is 2. The minimum atomic E-state index is -4.23. The maximum Gasteiger partial charge on any atom is 0.269 e. The second-order valence-electron chi connectivity index (χ2n) is 7.25. The van der Waals surface area contributed by atoms with Gasteiger partial charge in [0.15, 0.2) is 3.95 Å². The third kappa shape index (κ3) is 7.22. The molecule has 0 radical (unpaired) electrons. The van der Waals surface area contributed by atoms with Crippen molar-refractivity contribution >= 4 is 56.2 Å². The lowest BCUT2D eigenvalue weighted by Gasteiger charge is -2.21. The van der Waals surface area contributed by atoms with E-state index in [9.17, 15) is 28.1 Å². The molecular weight excluding hydrogens is 516 g/mol. The lowest BCUT2D eigenvalue weighted by atomic mass is 10.1. The summed E-state index contributed by atoms with van der Waals surface area (Å²) in [5, 5.41) is 22.4. The molecule has 12 nitrogen and oxygen atoms in total. The minimum Gasteiger partial charge on any atom is -0.343 e. The lowest BCUT2D eigenvalue weighted by Crippen LogP contribution is -2.52. The predicted molar refractivity (Wildman–Crippen MR) is 131 cm³/mol. The van der Waals surface area contributed by atoms with Crippen LogP contribution in [0.25, 0.3) is 0 Å². The third-order valence-corrected chi connectivity index (χ3v) is 7.17. The first kappa shape index (κ1) is 26.1. The van der Waals surface area contributed by atoms with Gasteiger partial charge < -0.3 is 5.32 Å². The summed E-state index contributed by atoms with van der Waals surface area (Å²) in [5.41, 5.74) is 0.399. The van der Waals surface area contributed by atoms with Crippen LogP contribution in [0.5, 0.6) is 0 Å². The van der Waals surface area contributed by atoms with E-state index in [1.165, 1.54) is 6.92 Å². The van der Waals surface area contributed by atoms with Crippen LogP contribution in [0.4, 0.5) is 10.8 Å². The van der Waals surface area contributed by atoms with Crippen LogP contribution in [0.1, 0.15) is 12.5 Å². The maximum atomic E-state index is 13.0. The number of rotatable bonds is 10. The van der Waals surface area contributed by atoms with Crippen molar-refractivity contribution in [3.63, 3.8) is 0 Å². The summed E-state index contributed by atoms with van der Waals surface area (Å²) >= 11 is 5.95. The Morgan fingerprint density at radius 2 is 1.80 bits per heavy atom. The molecule has 0 saturated heterocycles. The molecule has 0 aliphatic rings. The van der Waals surface area contributed by atoms with Gasteiger partial charge in [0.2, 0.25) is 27.0 Å². The van der Waals surface area contributed by atoms with Crippen LogP contribution in [0, 0.1) is 14.1 Å². The monoisotopic (exact) mass is 536 g/mol. The van der Waals surface area contributed by atoms with Gasteiger partial charge in [-0.15, -0.1) is 5.10 Å². The van der Waals surface area contributed by atoms with Crippen molar-refractivity contribution in [2.75, 3.05) is 5.32 Å². The zero-order valence-corrected chi connectivity index (χ0v) is 20.6. The van der Waals surface area contributed by atoms with Gasteiger partial charge in [-0.25, -0.2) is 8.42 Å². The molecule has 2 atom stereocenters. The van der Waals surface area contributed by atoms with Gasteiger partial charge in [0.25, 0.3) is 5.69 Å². The molecule has 184 valence electrons. The average molecular weight is 537 g/mol. The lowest BCUT2D eigenvalue weighted by molar-refractivity contribution is -0.384. The molecule has 1 heterocycles.